The second-order valence-corrected chi connectivity index (χ2v) is 16.5. The number of amides is 3. The molecular formula is C44H64N3O11P. The number of nitrogens with zero attached hydrogens (tertiary/aromatic N) is 1. The molecule has 59 heavy (non-hydrogen) atoms. The quantitative estimate of drug-likeness (QED) is 0.0235. The van der Waals surface area contributed by atoms with E-state index < -0.39 is 37.3 Å². The van der Waals surface area contributed by atoms with Crippen LogP contribution in [0.15, 0.2) is 52.9 Å². The number of hydroxylamine groups is 2. The van der Waals surface area contributed by atoms with Crippen molar-refractivity contribution in [3.05, 3.63) is 65.4 Å². The number of methoxy groups -OCH3 is 1. The Kier molecular flexibility index (Phi) is 20.7. The van der Waals surface area contributed by atoms with E-state index in [9.17, 15) is 23.7 Å². The molecule has 2 atom stereocenters. The van der Waals surface area contributed by atoms with Crippen molar-refractivity contribution in [3.63, 3.8) is 0 Å². The number of furan rings is 1. The molecule has 0 spiro atoms. The van der Waals surface area contributed by atoms with E-state index in [1.54, 1.807) is 42.5 Å². The van der Waals surface area contributed by atoms with Gasteiger partial charge in [-0.25, -0.2) is 4.79 Å². The summed E-state index contributed by atoms with van der Waals surface area (Å²) in [6.45, 7) is 14.2. The lowest BCUT2D eigenvalue weighted by molar-refractivity contribution is -0.171. The molecule has 0 aliphatic heterocycles. The molecule has 326 valence electrons. The van der Waals surface area contributed by atoms with Crippen molar-refractivity contribution in [1.29, 1.82) is 0 Å². The number of benzene rings is 2. The van der Waals surface area contributed by atoms with E-state index in [0.29, 0.717) is 78.8 Å². The van der Waals surface area contributed by atoms with Crippen LogP contribution in [0.2, 0.25) is 0 Å². The molecule has 3 aromatic rings. The Hall–Kier alpha value is -4.65. The first-order chi connectivity index (χ1) is 28.4. The summed E-state index contributed by atoms with van der Waals surface area (Å²) < 4.78 is 43.0. The minimum absolute atomic E-state index is 0.0246. The summed E-state index contributed by atoms with van der Waals surface area (Å²) >= 11 is 0. The van der Waals surface area contributed by atoms with Gasteiger partial charge in [-0.2, -0.15) is 5.06 Å². The molecule has 0 bridgehead atoms. The monoisotopic (exact) mass is 841 g/mol. The fourth-order valence-electron chi connectivity index (χ4n) is 6.42. The molecule has 0 fully saturated rings. The third kappa shape index (κ3) is 14.3. The number of carbonyl (C=O) groups excluding carboxylic acids is 4. The highest BCUT2D eigenvalue weighted by molar-refractivity contribution is 7.62. The van der Waals surface area contributed by atoms with Gasteiger partial charge in [0.15, 0.2) is 5.76 Å². The van der Waals surface area contributed by atoms with Crippen LogP contribution in [0.1, 0.15) is 139 Å². The topological polar surface area (TPSA) is 172 Å². The summed E-state index contributed by atoms with van der Waals surface area (Å²) in [5.74, 6) is -1.21. The zero-order valence-corrected chi connectivity index (χ0v) is 36.9. The van der Waals surface area contributed by atoms with Crippen molar-refractivity contribution in [1.82, 2.24) is 15.7 Å². The van der Waals surface area contributed by atoms with E-state index in [1.165, 1.54) is 13.2 Å². The van der Waals surface area contributed by atoms with Gasteiger partial charge in [0.25, 0.3) is 5.91 Å². The Morgan fingerprint density at radius 2 is 1.54 bits per heavy atom. The van der Waals surface area contributed by atoms with E-state index in [-0.39, 0.29) is 37.1 Å². The third-order valence-corrected chi connectivity index (χ3v) is 11.7. The summed E-state index contributed by atoms with van der Waals surface area (Å²) in [5, 5.41) is 6.68. The van der Waals surface area contributed by atoms with Crippen molar-refractivity contribution < 1.29 is 51.5 Å². The van der Waals surface area contributed by atoms with Gasteiger partial charge in [0, 0.05) is 5.56 Å². The lowest BCUT2D eigenvalue weighted by atomic mass is 9.90. The zero-order valence-electron chi connectivity index (χ0n) is 36.0. The minimum atomic E-state index is -3.72. The number of nitrogens with one attached hydrogen (secondary N) is 2. The van der Waals surface area contributed by atoms with Crippen LogP contribution in [-0.4, -0.2) is 68.9 Å². The van der Waals surface area contributed by atoms with E-state index in [1.807, 2.05) is 48.5 Å². The van der Waals surface area contributed by atoms with E-state index >= 15 is 0 Å². The SMILES string of the molecule is CCCCC[C@@H](C(=O)NCNC(=O)c1ccc(-c2cc(OCC)cc(P(=O)(OCCCC)OCCCC)c2)o1)[C@@H](CC)N(C=O)OC(=O)c1ccc(OC)cc1C(C)C. The number of hydrogen-bond donors (Lipinski definition) is 2. The Labute approximate surface area is 349 Å². The molecule has 3 amide bonds. The maximum atomic E-state index is 14.1. The summed E-state index contributed by atoms with van der Waals surface area (Å²) in [6, 6.07) is 12.4. The molecule has 3 rings (SSSR count). The Morgan fingerprint density at radius 1 is 0.847 bits per heavy atom. The molecule has 15 heteroatoms. The van der Waals surface area contributed by atoms with Crippen molar-refractivity contribution >= 4 is 37.1 Å². The zero-order chi connectivity index (χ0) is 43.4. The molecule has 0 aliphatic carbocycles. The molecule has 0 saturated carbocycles. The molecule has 2 aromatic carbocycles. The van der Waals surface area contributed by atoms with Crippen LogP contribution in [0.5, 0.6) is 11.5 Å². The Balaban J connectivity index is 1.77. The molecule has 1 heterocycles. The van der Waals surface area contributed by atoms with Gasteiger partial charge < -0.3 is 38.4 Å². The van der Waals surface area contributed by atoms with Crippen molar-refractivity contribution in [2.75, 3.05) is 33.6 Å². The average molecular weight is 842 g/mol. The Morgan fingerprint density at radius 3 is 2.14 bits per heavy atom. The standard InChI is InChI=1S/C44H64N3O11P/c1-9-14-17-18-37(39(12-4)47(30-48)58-44(51)36-20-19-33(53-8)28-38(36)31(6)7)42(49)45-29-46-43(50)41-22-21-40(57-41)32-25-34(54-13-5)27-35(26-32)59(52,55-23-15-10-2)56-24-16-11-3/h19-22,25-28,30-31,37,39H,9-18,23-24,29H2,1-8H3,(H,45,49)(H,46,50)/t37-,39-/m1/s1. The highest BCUT2D eigenvalue weighted by Gasteiger charge is 2.34. The van der Waals surface area contributed by atoms with Crippen molar-refractivity contribution in [3.8, 4) is 22.8 Å². The number of rotatable bonds is 28. The summed E-state index contributed by atoms with van der Waals surface area (Å²) in [6.07, 6.45) is 6.76. The maximum absolute atomic E-state index is 14.1. The van der Waals surface area contributed by atoms with Gasteiger partial charge in [0.05, 0.1) is 56.4 Å². The minimum Gasteiger partial charge on any atom is -0.497 e. The highest BCUT2D eigenvalue weighted by Crippen LogP contribution is 2.49. The number of unbranched alkanes of at least 4 members (excludes halogenated alkanes) is 4. The summed E-state index contributed by atoms with van der Waals surface area (Å²) in [5.41, 5.74) is 1.48. The van der Waals surface area contributed by atoms with E-state index in [4.69, 9.17) is 27.8 Å². The van der Waals surface area contributed by atoms with Gasteiger partial charge in [-0.05, 0) is 92.6 Å². The smallest absolute Gasteiger partial charge is 0.363 e. The van der Waals surface area contributed by atoms with Crippen LogP contribution >= 0.6 is 7.60 Å². The molecular weight excluding hydrogens is 777 g/mol. The second-order valence-electron chi connectivity index (χ2n) is 14.4. The van der Waals surface area contributed by atoms with Crippen molar-refractivity contribution in [2.45, 2.75) is 118 Å². The average Bonchev–Trinajstić information content (AvgIpc) is 3.73. The summed E-state index contributed by atoms with van der Waals surface area (Å²) in [7, 11) is -2.18. The van der Waals surface area contributed by atoms with Gasteiger partial charge in [0.2, 0.25) is 12.3 Å². The molecule has 0 saturated heterocycles. The molecule has 1 aromatic heterocycles. The van der Waals surface area contributed by atoms with Crippen molar-refractivity contribution in [2.24, 2.45) is 5.92 Å². The van der Waals surface area contributed by atoms with Gasteiger partial charge in [0.1, 0.15) is 17.3 Å². The molecule has 0 aliphatic rings. The molecule has 2 N–H and O–H groups in total. The molecule has 14 nitrogen and oxygen atoms in total. The van der Waals surface area contributed by atoms with E-state index in [0.717, 1.165) is 30.7 Å². The van der Waals surface area contributed by atoms with Gasteiger partial charge in [-0.3, -0.25) is 18.9 Å². The molecule has 0 unspecified atom stereocenters. The van der Waals surface area contributed by atoms with E-state index in [2.05, 4.69) is 10.6 Å². The predicted molar refractivity (Wildman–Crippen MR) is 227 cm³/mol. The fraction of sp³-hybridized carbons (Fsp3) is 0.545. The van der Waals surface area contributed by atoms with Crippen LogP contribution < -0.4 is 25.4 Å². The van der Waals surface area contributed by atoms with Gasteiger partial charge in [-0.1, -0.05) is 73.6 Å². The van der Waals surface area contributed by atoms with Gasteiger partial charge in [-0.15, -0.1) is 0 Å². The maximum Gasteiger partial charge on any atom is 0.363 e. The summed E-state index contributed by atoms with van der Waals surface area (Å²) in [4.78, 5) is 58.6. The number of ether oxygens (including phenoxy) is 2. The second kappa shape index (κ2) is 25.1. The van der Waals surface area contributed by atoms with Gasteiger partial charge >= 0.3 is 13.6 Å². The fourth-order valence-corrected chi connectivity index (χ4v) is 8.12. The van der Waals surface area contributed by atoms with Crippen LogP contribution in [0.25, 0.3) is 11.3 Å². The number of carbonyl (C=O) groups is 4. The van der Waals surface area contributed by atoms with Crippen LogP contribution in [0.4, 0.5) is 0 Å². The first-order valence-corrected chi connectivity index (χ1v) is 22.4. The third-order valence-electron chi connectivity index (χ3n) is 9.72. The first-order valence-electron chi connectivity index (χ1n) is 20.9. The lowest BCUT2D eigenvalue weighted by Crippen LogP contribution is -2.49. The lowest BCUT2D eigenvalue weighted by Gasteiger charge is -2.32. The largest absolute Gasteiger partial charge is 0.497 e. The first kappa shape index (κ1) is 48.7. The van der Waals surface area contributed by atoms with Crippen LogP contribution in [0, 0.1) is 5.92 Å². The predicted octanol–water partition coefficient (Wildman–Crippen LogP) is 8.94. The normalized spacial score (nSPS) is 12.4. The van der Waals surface area contributed by atoms with Crippen LogP contribution in [-0.2, 0) is 28.0 Å². The Bertz CT molecular complexity index is 1830. The van der Waals surface area contributed by atoms with Crippen LogP contribution in [0.3, 0.4) is 0 Å². The highest BCUT2D eigenvalue weighted by atomic mass is 31.2. The number of hydrogen-bond acceptors (Lipinski definition) is 11. The molecule has 0 radical (unpaired) electrons.